The molecule has 0 aromatic heterocycles. The first-order valence-electron chi connectivity index (χ1n) is 11.2. The summed E-state index contributed by atoms with van der Waals surface area (Å²) in [4.78, 5) is 13.5. The summed E-state index contributed by atoms with van der Waals surface area (Å²) >= 11 is 0. The number of ether oxygens (including phenoxy) is 2. The van der Waals surface area contributed by atoms with Crippen molar-refractivity contribution in [2.24, 2.45) is 0 Å². The van der Waals surface area contributed by atoms with Gasteiger partial charge in [0, 0.05) is 5.69 Å². The molecule has 0 saturated heterocycles. The molecule has 0 unspecified atom stereocenters. The van der Waals surface area contributed by atoms with Gasteiger partial charge in [0.15, 0.2) is 0 Å². The van der Waals surface area contributed by atoms with E-state index in [-0.39, 0.29) is 16.5 Å². The first kappa shape index (κ1) is 24.8. The maximum atomic E-state index is 13.6. The van der Waals surface area contributed by atoms with Crippen LogP contribution in [0.25, 0.3) is 0 Å². The molecule has 0 aliphatic heterocycles. The van der Waals surface area contributed by atoms with Gasteiger partial charge in [-0.15, -0.1) is 0 Å². The summed E-state index contributed by atoms with van der Waals surface area (Å²) in [5, 5.41) is 2.88. The topological polar surface area (TPSA) is 93.7 Å². The van der Waals surface area contributed by atoms with Crippen LogP contribution < -0.4 is 19.5 Å². The van der Waals surface area contributed by atoms with Crippen LogP contribution in [-0.4, -0.2) is 28.5 Å². The van der Waals surface area contributed by atoms with E-state index in [1.165, 1.54) is 32.4 Å². The number of carbonyl (C=O) groups excluding carboxylic acids is 1. The van der Waals surface area contributed by atoms with Crippen molar-refractivity contribution < 1.29 is 22.7 Å². The highest BCUT2D eigenvalue weighted by atomic mass is 32.2. The first-order valence-corrected chi connectivity index (χ1v) is 12.7. The molecule has 36 heavy (non-hydrogen) atoms. The van der Waals surface area contributed by atoms with Crippen LogP contribution in [0.15, 0.2) is 108 Å². The Kier molecular flexibility index (Phi) is 7.56. The minimum Gasteiger partial charge on any atom is -0.497 e. The van der Waals surface area contributed by atoms with Crippen molar-refractivity contribution in [3.63, 3.8) is 0 Å². The Morgan fingerprint density at radius 3 is 1.86 bits per heavy atom. The standard InChI is InChI=1S/C28H26N2O5S/c1-34-23-15-13-22(14-16-23)30-36(32,33)24-17-18-26(35-2)25(19-24)29-28(31)27(20-9-5-3-6-10-20)21-11-7-4-8-12-21/h3-19,27,30H,1-2H3,(H,29,31). The highest BCUT2D eigenvalue weighted by Crippen LogP contribution is 2.32. The van der Waals surface area contributed by atoms with E-state index >= 15 is 0 Å². The average molecular weight is 503 g/mol. The number of rotatable bonds is 9. The molecule has 0 bridgehead atoms. The average Bonchev–Trinajstić information content (AvgIpc) is 2.90. The van der Waals surface area contributed by atoms with Crippen LogP contribution in [0.5, 0.6) is 11.5 Å². The first-order chi connectivity index (χ1) is 17.4. The summed E-state index contributed by atoms with van der Waals surface area (Å²) in [5.74, 6) is 0.0311. The van der Waals surface area contributed by atoms with Crippen LogP contribution in [0.3, 0.4) is 0 Å². The summed E-state index contributed by atoms with van der Waals surface area (Å²) in [6.07, 6.45) is 0. The van der Waals surface area contributed by atoms with E-state index < -0.39 is 15.9 Å². The molecule has 0 aliphatic carbocycles. The van der Waals surface area contributed by atoms with Crippen molar-refractivity contribution in [1.29, 1.82) is 0 Å². The van der Waals surface area contributed by atoms with Gasteiger partial charge in [-0.05, 0) is 53.6 Å². The molecule has 4 aromatic carbocycles. The zero-order chi connectivity index (χ0) is 25.5. The van der Waals surface area contributed by atoms with Gasteiger partial charge in [-0.3, -0.25) is 9.52 Å². The van der Waals surface area contributed by atoms with E-state index in [9.17, 15) is 13.2 Å². The summed E-state index contributed by atoms with van der Waals surface area (Å²) in [5.41, 5.74) is 2.25. The lowest BCUT2D eigenvalue weighted by atomic mass is 9.90. The molecule has 7 nitrogen and oxygen atoms in total. The smallest absolute Gasteiger partial charge is 0.261 e. The summed E-state index contributed by atoms with van der Waals surface area (Å²) in [6, 6.07) is 29.6. The number of nitrogens with one attached hydrogen (secondary N) is 2. The minimum atomic E-state index is -3.94. The number of carbonyl (C=O) groups is 1. The Balaban J connectivity index is 1.65. The van der Waals surface area contributed by atoms with Crippen molar-refractivity contribution >= 4 is 27.3 Å². The lowest BCUT2D eigenvalue weighted by molar-refractivity contribution is -0.116. The van der Waals surface area contributed by atoms with E-state index in [0.29, 0.717) is 17.2 Å². The van der Waals surface area contributed by atoms with Crippen LogP contribution >= 0.6 is 0 Å². The Labute approximate surface area is 210 Å². The maximum Gasteiger partial charge on any atom is 0.261 e. The lowest BCUT2D eigenvalue weighted by Crippen LogP contribution is -2.23. The second-order valence-corrected chi connectivity index (χ2v) is 9.62. The third kappa shape index (κ3) is 5.67. The van der Waals surface area contributed by atoms with Gasteiger partial charge in [0.2, 0.25) is 5.91 Å². The zero-order valence-electron chi connectivity index (χ0n) is 19.8. The van der Waals surface area contributed by atoms with Crippen LogP contribution in [0.4, 0.5) is 11.4 Å². The zero-order valence-corrected chi connectivity index (χ0v) is 20.7. The van der Waals surface area contributed by atoms with Gasteiger partial charge in [0.1, 0.15) is 11.5 Å². The van der Waals surface area contributed by atoms with Crippen LogP contribution in [0.2, 0.25) is 0 Å². The predicted molar refractivity (Wildman–Crippen MR) is 140 cm³/mol. The van der Waals surface area contributed by atoms with Crippen molar-refractivity contribution in [3.8, 4) is 11.5 Å². The van der Waals surface area contributed by atoms with Crippen molar-refractivity contribution in [2.45, 2.75) is 10.8 Å². The molecule has 0 radical (unpaired) electrons. The molecular weight excluding hydrogens is 476 g/mol. The SMILES string of the molecule is COc1ccc(NS(=O)(=O)c2ccc(OC)c(NC(=O)C(c3ccccc3)c3ccccc3)c2)cc1. The van der Waals surface area contributed by atoms with E-state index in [0.717, 1.165) is 11.1 Å². The minimum absolute atomic E-state index is 0.0228. The van der Waals surface area contributed by atoms with E-state index in [1.807, 2.05) is 60.7 Å². The molecule has 4 rings (SSSR count). The molecule has 0 heterocycles. The van der Waals surface area contributed by atoms with Crippen LogP contribution in [0.1, 0.15) is 17.0 Å². The second kappa shape index (κ2) is 11.0. The van der Waals surface area contributed by atoms with Crippen molar-refractivity contribution in [3.05, 3.63) is 114 Å². The van der Waals surface area contributed by atoms with E-state index in [4.69, 9.17) is 9.47 Å². The number of sulfonamides is 1. The molecule has 0 atom stereocenters. The summed E-state index contributed by atoms with van der Waals surface area (Å²) in [7, 11) is -0.945. The second-order valence-electron chi connectivity index (χ2n) is 7.94. The van der Waals surface area contributed by atoms with Crippen LogP contribution in [-0.2, 0) is 14.8 Å². The van der Waals surface area contributed by atoms with Crippen molar-refractivity contribution in [1.82, 2.24) is 0 Å². The Hall–Kier alpha value is -4.30. The number of methoxy groups -OCH3 is 2. The van der Waals surface area contributed by atoms with Gasteiger partial charge in [-0.1, -0.05) is 60.7 Å². The van der Waals surface area contributed by atoms with E-state index in [1.54, 1.807) is 24.3 Å². The number of anilines is 2. The van der Waals surface area contributed by atoms with Gasteiger partial charge in [-0.25, -0.2) is 8.42 Å². The molecule has 8 heteroatoms. The van der Waals surface area contributed by atoms with Gasteiger partial charge >= 0.3 is 0 Å². The fourth-order valence-corrected chi connectivity index (χ4v) is 4.90. The third-order valence-electron chi connectivity index (χ3n) is 5.61. The maximum absolute atomic E-state index is 13.6. The third-order valence-corrected chi connectivity index (χ3v) is 6.99. The number of hydrogen-bond donors (Lipinski definition) is 2. The highest BCUT2D eigenvalue weighted by molar-refractivity contribution is 7.92. The molecule has 0 fully saturated rings. The van der Waals surface area contributed by atoms with Gasteiger partial charge in [0.25, 0.3) is 10.0 Å². The molecule has 1 amide bonds. The monoisotopic (exact) mass is 502 g/mol. The molecule has 0 spiro atoms. The van der Waals surface area contributed by atoms with E-state index in [2.05, 4.69) is 10.0 Å². The Bertz CT molecular complexity index is 1380. The summed E-state index contributed by atoms with van der Waals surface area (Å²) < 4.78 is 39.2. The Morgan fingerprint density at radius 1 is 0.750 bits per heavy atom. The fraction of sp³-hybridized carbons (Fsp3) is 0.107. The normalized spacial score (nSPS) is 11.1. The van der Waals surface area contributed by atoms with Crippen molar-refractivity contribution in [2.75, 3.05) is 24.3 Å². The van der Waals surface area contributed by atoms with Gasteiger partial charge in [0.05, 0.1) is 30.7 Å². The predicted octanol–water partition coefficient (Wildman–Crippen LogP) is 5.28. The molecule has 0 aliphatic rings. The molecule has 4 aromatic rings. The largest absolute Gasteiger partial charge is 0.497 e. The summed E-state index contributed by atoms with van der Waals surface area (Å²) in [6.45, 7) is 0. The number of hydrogen-bond acceptors (Lipinski definition) is 5. The number of amides is 1. The molecule has 184 valence electrons. The molecule has 0 saturated carbocycles. The van der Waals surface area contributed by atoms with Crippen LogP contribution in [0, 0.1) is 0 Å². The van der Waals surface area contributed by atoms with Gasteiger partial charge in [-0.2, -0.15) is 0 Å². The highest BCUT2D eigenvalue weighted by Gasteiger charge is 2.25. The molecule has 2 N–H and O–H groups in total. The fourth-order valence-electron chi connectivity index (χ4n) is 3.82. The molecular formula is C28H26N2O5S. The quantitative estimate of drug-likeness (QED) is 0.325. The number of benzene rings is 4. The Morgan fingerprint density at radius 2 is 1.33 bits per heavy atom. The van der Waals surface area contributed by atoms with Gasteiger partial charge < -0.3 is 14.8 Å². The lowest BCUT2D eigenvalue weighted by Gasteiger charge is -2.19.